The van der Waals surface area contributed by atoms with Crippen molar-refractivity contribution >= 4 is 39.3 Å². The number of nitro benzene ring substituents is 1. The van der Waals surface area contributed by atoms with Crippen LogP contribution in [0.25, 0.3) is 6.08 Å². The van der Waals surface area contributed by atoms with Crippen LogP contribution in [0.3, 0.4) is 0 Å². The number of nitro groups is 1. The zero-order chi connectivity index (χ0) is 20.8. The fourth-order valence-corrected chi connectivity index (χ4v) is 3.05. The van der Waals surface area contributed by atoms with Crippen LogP contribution in [0.2, 0.25) is 0 Å². The molecule has 2 rings (SSSR count). The Labute approximate surface area is 169 Å². The SMILES string of the molecule is COc1cc(/C=C(\C#N)C(=O)Nc2ccc(C)cc2[N+](=O)[O-])cc(Br)c1OC. The average molecular weight is 446 g/mol. The van der Waals surface area contributed by atoms with Crippen molar-refractivity contribution in [2.45, 2.75) is 6.92 Å². The predicted octanol–water partition coefficient (Wildman–Crippen LogP) is 4.23. The minimum Gasteiger partial charge on any atom is -0.493 e. The van der Waals surface area contributed by atoms with Gasteiger partial charge in [0.05, 0.1) is 23.6 Å². The second-order valence-electron chi connectivity index (χ2n) is 5.64. The second kappa shape index (κ2) is 9.01. The molecule has 2 aromatic rings. The lowest BCUT2D eigenvalue weighted by molar-refractivity contribution is -0.384. The largest absolute Gasteiger partial charge is 0.493 e. The second-order valence-corrected chi connectivity index (χ2v) is 6.49. The number of aryl methyl sites for hydroxylation is 1. The summed E-state index contributed by atoms with van der Waals surface area (Å²) in [5, 5.41) is 23.0. The van der Waals surface area contributed by atoms with Crippen LogP contribution >= 0.6 is 15.9 Å². The summed E-state index contributed by atoms with van der Waals surface area (Å²) < 4.78 is 11.0. The highest BCUT2D eigenvalue weighted by Crippen LogP contribution is 2.37. The highest BCUT2D eigenvalue weighted by molar-refractivity contribution is 9.10. The molecule has 28 heavy (non-hydrogen) atoms. The summed E-state index contributed by atoms with van der Waals surface area (Å²) in [6, 6.07) is 9.46. The number of amides is 1. The Morgan fingerprint density at radius 1 is 1.29 bits per heavy atom. The molecule has 0 fully saturated rings. The molecule has 0 aromatic heterocycles. The van der Waals surface area contributed by atoms with Gasteiger partial charge in [0.25, 0.3) is 11.6 Å². The summed E-state index contributed by atoms with van der Waals surface area (Å²) >= 11 is 3.34. The maximum Gasteiger partial charge on any atom is 0.293 e. The minimum absolute atomic E-state index is 0.00948. The third-order valence-corrected chi connectivity index (χ3v) is 4.32. The van der Waals surface area contributed by atoms with E-state index in [0.29, 0.717) is 27.1 Å². The first-order valence-corrected chi connectivity index (χ1v) is 8.69. The zero-order valence-electron chi connectivity index (χ0n) is 15.3. The summed E-state index contributed by atoms with van der Waals surface area (Å²) in [6.45, 7) is 1.70. The number of nitrogens with zero attached hydrogens (tertiary/aromatic N) is 2. The number of anilines is 1. The van der Waals surface area contributed by atoms with Crippen molar-refractivity contribution in [3.8, 4) is 17.6 Å². The van der Waals surface area contributed by atoms with Crippen LogP contribution in [-0.4, -0.2) is 25.1 Å². The van der Waals surface area contributed by atoms with Crippen LogP contribution in [0.5, 0.6) is 11.5 Å². The van der Waals surface area contributed by atoms with E-state index in [4.69, 9.17) is 9.47 Å². The van der Waals surface area contributed by atoms with Gasteiger partial charge in [-0.25, -0.2) is 0 Å². The molecule has 1 amide bonds. The van der Waals surface area contributed by atoms with Crippen LogP contribution in [0.4, 0.5) is 11.4 Å². The van der Waals surface area contributed by atoms with E-state index in [0.717, 1.165) is 0 Å². The van der Waals surface area contributed by atoms with Crippen LogP contribution in [0, 0.1) is 28.4 Å². The van der Waals surface area contributed by atoms with Crippen molar-refractivity contribution in [1.29, 1.82) is 5.26 Å². The van der Waals surface area contributed by atoms with Gasteiger partial charge in [0.2, 0.25) is 0 Å². The van der Waals surface area contributed by atoms with E-state index in [-0.39, 0.29) is 16.9 Å². The number of halogens is 1. The smallest absolute Gasteiger partial charge is 0.293 e. The number of rotatable bonds is 6. The number of nitrogens with one attached hydrogen (secondary N) is 1. The van der Waals surface area contributed by atoms with Gasteiger partial charge < -0.3 is 14.8 Å². The lowest BCUT2D eigenvalue weighted by atomic mass is 10.1. The van der Waals surface area contributed by atoms with Crippen LogP contribution in [0.1, 0.15) is 11.1 Å². The van der Waals surface area contributed by atoms with Crippen molar-refractivity contribution < 1.29 is 19.2 Å². The molecule has 1 N–H and O–H groups in total. The van der Waals surface area contributed by atoms with Gasteiger partial charge in [0.15, 0.2) is 11.5 Å². The van der Waals surface area contributed by atoms with Gasteiger partial charge in [0.1, 0.15) is 17.3 Å². The topological polar surface area (TPSA) is 114 Å². The molecular formula is C19H16BrN3O5. The summed E-state index contributed by atoms with van der Waals surface area (Å²) in [4.78, 5) is 23.1. The number of methoxy groups -OCH3 is 2. The van der Waals surface area contributed by atoms with Crippen LogP contribution in [0.15, 0.2) is 40.4 Å². The average Bonchev–Trinajstić information content (AvgIpc) is 2.66. The molecule has 0 saturated heterocycles. The first-order chi connectivity index (χ1) is 13.3. The number of nitriles is 1. The zero-order valence-corrected chi connectivity index (χ0v) is 16.9. The van der Waals surface area contributed by atoms with Crippen LogP contribution < -0.4 is 14.8 Å². The number of carbonyl (C=O) groups is 1. The molecule has 0 heterocycles. The fraction of sp³-hybridized carbons (Fsp3) is 0.158. The van der Waals surface area contributed by atoms with Gasteiger partial charge in [-0.15, -0.1) is 0 Å². The Kier molecular flexibility index (Phi) is 6.74. The van der Waals surface area contributed by atoms with Gasteiger partial charge in [-0.05, 0) is 58.3 Å². The van der Waals surface area contributed by atoms with Crippen molar-refractivity contribution in [1.82, 2.24) is 0 Å². The normalized spacial score (nSPS) is 10.8. The third kappa shape index (κ3) is 4.66. The molecule has 0 spiro atoms. The molecule has 144 valence electrons. The summed E-state index contributed by atoms with van der Waals surface area (Å²) in [5.74, 6) is 0.119. The Bertz CT molecular complexity index is 1010. The molecule has 0 aliphatic carbocycles. The third-order valence-electron chi connectivity index (χ3n) is 3.73. The molecule has 9 heteroatoms. The molecule has 0 saturated carbocycles. The lowest BCUT2D eigenvalue weighted by Gasteiger charge is -2.11. The molecule has 0 atom stereocenters. The van der Waals surface area contributed by atoms with E-state index < -0.39 is 10.8 Å². The van der Waals surface area contributed by atoms with E-state index in [9.17, 15) is 20.2 Å². The first-order valence-electron chi connectivity index (χ1n) is 7.90. The van der Waals surface area contributed by atoms with Gasteiger partial charge in [0, 0.05) is 6.07 Å². The van der Waals surface area contributed by atoms with Gasteiger partial charge in [-0.1, -0.05) is 6.07 Å². The van der Waals surface area contributed by atoms with E-state index >= 15 is 0 Å². The van der Waals surface area contributed by atoms with Gasteiger partial charge in [-0.3, -0.25) is 14.9 Å². The van der Waals surface area contributed by atoms with E-state index in [1.165, 1.54) is 32.4 Å². The Balaban J connectivity index is 2.39. The summed E-state index contributed by atoms with van der Waals surface area (Å²) in [7, 11) is 2.95. The maximum absolute atomic E-state index is 12.5. The molecule has 0 unspecified atom stereocenters. The maximum atomic E-state index is 12.5. The molecule has 0 bridgehead atoms. The predicted molar refractivity (Wildman–Crippen MR) is 107 cm³/mol. The number of benzene rings is 2. The lowest BCUT2D eigenvalue weighted by Crippen LogP contribution is -2.14. The molecule has 8 nitrogen and oxygen atoms in total. The highest BCUT2D eigenvalue weighted by Gasteiger charge is 2.18. The number of ether oxygens (including phenoxy) is 2. The fourth-order valence-electron chi connectivity index (χ4n) is 2.42. The van der Waals surface area contributed by atoms with Crippen molar-refractivity contribution in [2.24, 2.45) is 0 Å². The van der Waals surface area contributed by atoms with Crippen molar-refractivity contribution in [3.63, 3.8) is 0 Å². The Morgan fingerprint density at radius 3 is 2.57 bits per heavy atom. The quantitative estimate of drug-likeness (QED) is 0.308. The monoisotopic (exact) mass is 445 g/mol. The molecule has 0 aliphatic rings. The van der Waals surface area contributed by atoms with Gasteiger partial charge in [-0.2, -0.15) is 5.26 Å². The standard InChI is InChI=1S/C19H16BrN3O5/c1-11-4-5-15(16(6-11)23(25)26)22-19(24)13(10-21)7-12-8-14(20)18(28-3)17(9-12)27-2/h4-9H,1-3H3,(H,22,24)/b13-7+. The molecular weight excluding hydrogens is 430 g/mol. The van der Waals surface area contributed by atoms with Gasteiger partial charge >= 0.3 is 0 Å². The highest BCUT2D eigenvalue weighted by atomic mass is 79.9. The Hall–Kier alpha value is -3.38. The molecule has 2 aromatic carbocycles. The van der Waals surface area contributed by atoms with E-state index in [1.54, 1.807) is 25.1 Å². The van der Waals surface area contributed by atoms with E-state index in [1.807, 2.05) is 6.07 Å². The number of hydrogen-bond acceptors (Lipinski definition) is 6. The number of carbonyl (C=O) groups excluding carboxylic acids is 1. The molecule has 0 radical (unpaired) electrons. The summed E-state index contributed by atoms with van der Waals surface area (Å²) in [6.07, 6.45) is 1.35. The van der Waals surface area contributed by atoms with E-state index in [2.05, 4.69) is 21.2 Å². The molecule has 0 aliphatic heterocycles. The van der Waals surface area contributed by atoms with Crippen molar-refractivity contribution in [2.75, 3.05) is 19.5 Å². The Morgan fingerprint density at radius 2 is 2.00 bits per heavy atom. The first kappa shape index (κ1) is 20.9. The summed E-state index contributed by atoms with van der Waals surface area (Å²) in [5.41, 5.74) is 0.717. The van der Waals surface area contributed by atoms with Crippen LogP contribution in [-0.2, 0) is 4.79 Å². The number of hydrogen-bond donors (Lipinski definition) is 1. The van der Waals surface area contributed by atoms with Crippen molar-refractivity contribution in [3.05, 3.63) is 61.6 Å². The minimum atomic E-state index is -0.764.